The summed E-state index contributed by atoms with van der Waals surface area (Å²) in [6.45, 7) is 2.59. The fourth-order valence-corrected chi connectivity index (χ4v) is 3.15. The summed E-state index contributed by atoms with van der Waals surface area (Å²) in [7, 11) is 0. The molecule has 1 atom stereocenters. The predicted octanol–water partition coefficient (Wildman–Crippen LogP) is 1.72. The van der Waals surface area contributed by atoms with Crippen LogP contribution in [0.1, 0.15) is 30.3 Å². The van der Waals surface area contributed by atoms with Crippen LogP contribution in [0.3, 0.4) is 0 Å². The molecule has 2 amide bonds. The van der Waals surface area contributed by atoms with Crippen molar-refractivity contribution in [3.8, 4) is 5.75 Å². The van der Waals surface area contributed by atoms with Crippen molar-refractivity contribution in [2.45, 2.75) is 32.0 Å². The molecule has 2 aliphatic rings. The summed E-state index contributed by atoms with van der Waals surface area (Å²) in [5.41, 5.74) is 1.05. The van der Waals surface area contributed by atoms with Gasteiger partial charge >= 0.3 is 6.03 Å². The van der Waals surface area contributed by atoms with Crippen LogP contribution < -0.4 is 10.1 Å². The third-order valence-corrected chi connectivity index (χ3v) is 4.41. The number of ether oxygens (including phenoxy) is 1. The van der Waals surface area contributed by atoms with Crippen molar-refractivity contribution in [3.63, 3.8) is 0 Å². The fourth-order valence-electron chi connectivity index (χ4n) is 3.15. The van der Waals surface area contributed by atoms with Crippen molar-refractivity contribution in [1.29, 1.82) is 0 Å². The van der Waals surface area contributed by atoms with Crippen LogP contribution in [0.4, 0.5) is 4.79 Å². The molecule has 23 heavy (non-hydrogen) atoms. The standard InChI is InChI=1S/C16H19N5O2/c22-16(20-7-8-21-11-17-19-15(21)10-20)18-13-5-3-9-23-14-6-2-1-4-12(13)14/h1-2,4,6,11,13H,3,5,7-10H2,(H,18,22). The summed E-state index contributed by atoms with van der Waals surface area (Å²) in [6.07, 6.45) is 3.52. The molecule has 1 aromatic heterocycles. The lowest BCUT2D eigenvalue weighted by molar-refractivity contribution is 0.177. The molecular weight excluding hydrogens is 294 g/mol. The Bertz CT molecular complexity index is 714. The highest BCUT2D eigenvalue weighted by Gasteiger charge is 2.26. The molecule has 7 heteroatoms. The van der Waals surface area contributed by atoms with Crippen LogP contribution in [0.2, 0.25) is 0 Å². The lowest BCUT2D eigenvalue weighted by Gasteiger charge is -2.29. The minimum absolute atomic E-state index is 0.0130. The zero-order valence-electron chi connectivity index (χ0n) is 12.8. The molecule has 0 fully saturated rings. The molecule has 4 rings (SSSR count). The van der Waals surface area contributed by atoms with Gasteiger partial charge in [-0.05, 0) is 18.9 Å². The maximum absolute atomic E-state index is 12.6. The first-order valence-electron chi connectivity index (χ1n) is 7.95. The normalized spacial score (nSPS) is 20.0. The Morgan fingerprint density at radius 3 is 3.17 bits per heavy atom. The van der Waals surface area contributed by atoms with E-state index in [-0.39, 0.29) is 12.1 Å². The average Bonchev–Trinajstić information content (AvgIpc) is 2.96. The fraction of sp³-hybridized carbons (Fsp3) is 0.438. The van der Waals surface area contributed by atoms with Crippen LogP contribution in [0.15, 0.2) is 30.6 Å². The Balaban J connectivity index is 1.49. The van der Waals surface area contributed by atoms with Crippen molar-refractivity contribution >= 4 is 6.03 Å². The lowest BCUT2D eigenvalue weighted by Crippen LogP contribution is -2.45. The zero-order valence-corrected chi connectivity index (χ0v) is 12.8. The number of hydrogen-bond acceptors (Lipinski definition) is 4. The average molecular weight is 313 g/mol. The Morgan fingerprint density at radius 1 is 1.30 bits per heavy atom. The number of hydrogen-bond donors (Lipinski definition) is 1. The van der Waals surface area contributed by atoms with Crippen LogP contribution in [-0.2, 0) is 13.1 Å². The maximum atomic E-state index is 12.6. The molecule has 0 aliphatic carbocycles. The van der Waals surface area contributed by atoms with E-state index in [1.807, 2.05) is 28.8 Å². The third-order valence-electron chi connectivity index (χ3n) is 4.41. The molecule has 2 aromatic rings. The van der Waals surface area contributed by atoms with E-state index in [2.05, 4.69) is 15.5 Å². The lowest BCUT2D eigenvalue weighted by atomic mass is 10.0. The molecule has 0 spiro atoms. The number of carbonyl (C=O) groups is 1. The number of amides is 2. The number of carbonyl (C=O) groups excluding carboxylic acids is 1. The summed E-state index contributed by atoms with van der Waals surface area (Å²) in [5, 5.41) is 11.1. The van der Waals surface area contributed by atoms with Crippen LogP contribution >= 0.6 is 0 Å². The third kappa shape index (κ3) is 2.74. The number of aromatic nitrogens is 3. The van der Waals surface area contributed by atoms with Crippen LogP contribution in [0, 0.1) is 0 Å². The first kappa shape index (κ1) is 14.0. The SMILES string of the molecule is O=C(NC1CCCOc2ccccc21)N1CCn2cnnc2C1. The van der Waals surface area contributed by atoms with Gasteiger partial charge in [-0.25, -0.2) is 4.79 Å². The summed E-state index contributed by atoms with van der Waals surface area (Å²) >= 11 is 0. The molecule has 1 N–H and O–H groups in total. The van der Waals surface area contributed by atoms with Crippen molar-refractivity contribution in [2.24, 2.45) is 0 Å². The molecule has 1 aromatic carbocycles. The number of nitrogens with one attached hydrogen (secondary N) is 1. The number of fused-ring (bicyclic) bond motifs is 2. The van der Waals surface area contributed by atoms with Gasteiger partial charge in [-0.1, -0.05) is 18.2 Å². The highest BCUT2D eigenvalue weighted by atomic mass is 16.5. The summed E-state index contributed by atoms with van der Waals surface area (Å²) < 4.78 is 7.74. The van der Waals surface area contributed by atoms with Crippen molar-refractivity contribution in [3.05, 3.63) is 42.0 Å². The Morgan fingerprint density at radius 2 is 2.22 bits per heavy atom. The topological polar surface area (TPSA) is 72.3 Å². The molecule has 0 radical (unpaired) electrons. The quantitative estimate of drug-likeness (QED) is 0.870. The number of nitrogens with zero attached hydrogens (tertiary/aromatic N) is 4. The van der Waals surface area contributed by atoms with Crippen molar-refractivity contribution in [1.82, 2.24) is 25.0 Å². The van der Waals surface area contributed by atoms with Gasteiger partial charge in [0.15, 0.2) is 5.82 Å². The molecule has 0 saturated heterocycles. The van der Waals surface area contributed by atoms with E-state index in [4.69, 9.17) is 4.74 Å². The zero-order chi connectivity index (χ0) is 15.6. The van der Waals surface area contributed by atoms with Gasteiger partial charge in [-0.15, -0.1) is 10.2 Å². The van der Waals surface area contributed by atoms with E-state index in [1.165, 1.54) is 0 Å². The number of rotatable bonds is 1. The molecule has 7 nitrogen and oxygen atoms in total. The van der Waals surface area contributed by atoms with Gasteiger partial charge in [0.1, 0.15) is 12.1 Å². The van der Waals surface area contributed by atoms with Crippen LogP contribution in [-0.4, -0.2) is 38.8 Å². The molecule has 0 saturated carbocycles. The monoisotopic (exact) mass is 313 g/mol. The van der Waals surface area contributed by atoms with E-state index in [0.29, 0.717) is 19.7 Å². The van der Waals surface area contributed by atoms with Gasteiger partial charge in [0.2, 0.25) is 0 Å². The molecular formula is C16H19N5O2. The van der Waals surface area contributed by atoms with E-state index < -0.39 is 0 Å². The molecule has 1 unspecified atom stereocenters. The minimum Gasteiger partial charge on any atom is -0.493 e. The van der Waals surface area contributed by atoms with Gasteiger partial charge in [-0.2, -0.15) is 0 Å². The van der Waals surface area contributed by atoms with E-state index in [9.17, 15) is 4.79 Å². The number of para-hydroxylation sites is 1. The highest BCUT2D eigenvalue weighted by molar-refractivity contribution is 5.75. The smallest absolute Gasteiger partial charge is 0.318 e. The van der Waals surface area contributed by atoms with Gasteiger partial charge in [0.25, 0.3) is 0 Å². The molecule has 120 valence electrons. The van der Waals surface area contributed by atoms with Crippen molar-refractivity contribution in [2.75, 3.05) is 13.2 Å². The van der Waals surface area contributed by atoms with Gasteiger partial charge < -0.3 is 19.5 Å². The second kappa shape index (κ2) is 5.91. The Kier molecular flexibility index (Phi) is 3.61. The van der Waals surface area contributed by atoms with E-state index in [0.717, 1.165) is 36.5 Å². The van der Waals surface area contributed by atoms with E-state index >= 15 is 0 Å². The summed E-state index contributed by atoms with van der Waals surface area (Å²) in [5.74, 6) is 1.70. The molecule has 0 bridgehead atoms. The highest BCUT2D eigenvalue weighted by Crippen LogP contribution is 2.31. The van der Waals surface area contributed by atoms with E-state index in [1.54, 1.807) is 11.2 Å². The largest absolute Gasteiger partial charge is 0.493 e. The van der Waals surface area contributed by atoms with Crippen LogP contribution in [0.25, 0.3) is 0 Å². The van der Waals surface area contributed by atoms with Gasteiger partial charge in [0, 0.05) is 18.7 Å². The minimum atomic E-state index is -0.0547. The predicted molar refractivity (Wildman–Crippen MR) is 82.9 cm³/mol. The number of urea groups is 1. The maximum Gasteiger partial charge on any atom is 0.318 e. The summed E-state index contributed by atoms with van der Waals surface area (Å²) in [6, 6.07) is 7.86. The Hall–Kier alpha value is -2.57. The second-order valence-corrected chi connectivity index (χ2v) is 5.89. The van der Waals surface area contributed by atoms with Crippen molar-refractivity contribution < 1.29 is 9.53 Å². The van der Waals surface area contributed by atoms with Crippen LogP contribution in [0.5, 0.6) is 5.75 Å². The molecule has 3 heterocycles. The first-order chi connectivity index (χ1) is 11.3. The molecule has 2 aliphatic heterocycles. The summed E-state index contributed by atoms with van der Waals surface area (Å²) in [4.78, 5) is 14.4. The van der Waals surface area contributed by atoms with Gasteiger partial charge in [-0.3, -0.25) is 0 Å². The Labute approximate surface area is 134 Å². The second-order valence-electron chi connectivity index (χ2n) is 5.89. The number of benzene rings is 1. The first-order valence-corrected chi connectivity index (χ1v) is 7.95. The van der Waals surface area contributed by atoms with Gasteiger partial charge in [0.05, 0.1) is 19.2 Å².